The number of carboxylic acids is 1. The van der Waals surface area contributed by atoms with Gasteiger partial charge in [0.05, 0.1) is 5.56 Å². The van der Waals surface area contributed by atoms with Crippen molar-refractivity contribution in [2.75, 3.05) is 6.54 Å². The van der Waals surface area contributed by atoms with Crippen molar-refractivity contribution >= 4 is 11.9 Å². The van der Waals surface area contributed by atoms with Gasteiger partial charge in [-0.05, 0) is 37.1 Å². The maximum Gasteiger partial charge on any atom is 0.335 e. The molecule has 0 atom stereocenters. The number of carboxylic acid groups (broad SMARTS) is 1. The second-order valence-corrected chi connectivity index (χ2v) is 5.47. The number of hydrogen-bond donors (Lipinski definition) is 2. The van der Waals surface area contributed by atoms with Crippen molar-refractivity contribution in [2.24, 2.45) is 0 Å². The lowest BCUT2D eigenvalue weighted by atomic mass is 10.1. The Hall–Kier alpha value is -1.88. The Morgan fingerprint density at radius 3 is 2.65 bits per heavy atom. The van der Waals surface area contributed by atoms with Crippen molar-refractivity contribution in [3.63, 3.8) is 0 Å². The Bertz CT molecular complexity index is 526. The van der Waals surface area contributed by atoms with Crippen LogP contribution in [0.2, 0.25) is 0 Å². The highest BCUT2D eigenvalue weighted by Crippen LogP contribution is 2.23. The van der Waals surface area contributed by atoms with Gasteiger partial charge in [-0.15, -0.1) is 0 Å². The molecule has 108 valence electrons. The monoisotopic (exact) mass is 276 g/mol. The molecule has 20 heavy (non-hydrogen) atoms. The molecule has 1 amide bonds. The van der Waals surface area contributed by atoms with Gasteiger partial charge < -0.3 is 10.4 Å². The molecule has 1 aliphatic rings. The highest BCUT2D eigenvalue weighted by Gasteiger charge is 2.20. The quantitative estimate of drug-likeness (QED) is 0.857. The van der Waals surface area contributed by atoms with E-state index in [2.05, 4.69) is 10.2 Å². The fraction of sp³-hybridized carbons (Fsp3) is 0.467. The Kier molecular flexibility index (Phi) is 4.39. The van der Waals surface area contributed by atoms with E-state index in [1.54, 1.807) is 12.1 Å². The van der Waals surface area contributed by atoms with Crippen LogP contribution in [0.15, 0.2) is 18.2 Å². The lowest BCUT2D eigenvalue weighted by Gasteiger charge is -2.15. The zero-order valence-corrected chi connectivity index (χ0v) is 11.8. The molecule has 0 unspecified atom stereocenters. The number of rotatable bonds is 5. The first-order valence-electron chi connectivity index (χ1n) is 6.82. The highest BCUT2D eigenvalue weighted by molar-refractivity contribution is 5.88. The molecule has 1 heterocycles. The topological polar surface area (TPSA) is 69.6 Å². The molecule has 0 saturated carbocycles. The summed E-state index contributed by atoms with van der Waals surface area (Å²) in [5.41, 5.74) is 2.52. The summed E-state index contributed by atoms with van der Waals surface area (Å²) in [6.45, 7) is 6.07. The molecule has 1 aromatic rings. The minimum atomic E-state index is -0.900. The molecule has 0 bridgehead atoms. The lowest BCUT2D eigenvalue weighted by Crippen LogP contribution is -2.32. The van der Waals surface area contributed by atoms with E-state index >= 15 is 0 Å². The Morgan fingerprint density at radius 1 is 1.30 bits per heavy atom. The Morgan fingerprint density at radius 2 is 2.00 bits per heavy atom. The second-order valence-electron chi connectivity index (χ2n) is 5.47. The molecule has 0 aliphatic carbocycles. The summed E-state index contributed by atoms with van der Waals surface area (Å²) < 4.78 is 0. The maximum atomic E-state index is 11.6. The summed E-state index contributed by atoms with van der Waals surface area (Å²) in [4.78, 5) is 24.7. The van der Waals surface area contributed by atoms with E-state index in [-0.39, 0.29) is 11.9 Å². The van der Waals surface area contributed by atoms with E-state index in [0.717, 1.165) is 17.7 Å². The minimum Gasteiger partial charge on any atom is -0.478 e. The predicted molar refractivity (Wildman–Crippen MR) is 75.4 cm³/mol. The predicted octanol–water partition coefficient (Wildman–Crippen LogP) is 1.62. The van der Waals surface area contributed by atoms with Gasteiger partial charge in [0, 0.05) is 32.1 Å². The summed E-state index contributed by atoms with van der Waals surface area (Å²) in [7, 11) is 0. The average Bonchev–Trinajstić information content (AvgIpc) is 2.77. The largest absolute Gasteiger partial charge is 0.478 e. The molecule has 0 saturated heterocycles. The zero-order chi connectivity index (χ0) is 14.7. The van der Waals surface area contributed by atoms with Crippen molar-refractivity contribution < 1.29 is 14.7 Å². The van der Waals surface area contributed by atoms with Crippen LogP contribution in [0, 0.1) is 0 Å². The first-order chi connectivity index (χ1) is 9.45. The summed E-state index contributed by atoms with van der Waals surface area (Å²) in [6.07, 6.45) is 0.470. The van der Waals surface area contributed by atoms with Gasteiger partial charge in [0.2, 0.25) is 5.91 Å². The first kappa shape index (κ1) is 14.5. The summed E-state index contributed by atoms with van der Waals surface area (Å²) in [5.74, 6) is -0.843. The van der Waals surface area contributed by atoms with Crippen molar-refractivity contribution in [1.29, 1.82) is 0 Å². The fourth-order valence-electron chi connectivity index (χ4n) is 2.41. The van der Waals surface area contributed by atoms with Crippen LogP contribution in [0.5, 0.6) is 0 Å². The standard InChI is InChI=1S/C15H20N2O3/c1-10(2)16-14(18)5-6-17-8-12-4-3-11(15(19)20)7-13(12)9-17/h3-4,7,10H,5-6,8-9H2,1-2H3,(H,16,18)(H,19,20). The van der Waals surface area contributed by atoms with E-state index in [4.69, 9.17) is 5.11 Å². The number of fused-ring (bicyclic) bond motifs is 1. The molecule has 1 aliphatic heterocycles. The van der Waals surface area contributed by atoms with E-state index in [0.29, 0.717) is 25.1 Å². The first-order valence-corrected chi connectivity index (χ1v) is 6.82. The van der Waals surface area contributed by atoms with Gasteiger partial charge in [-0.1, -0.05) is 6.07 Å². The molecule has 0 spiro atoms. The molecule has 1 aromatic carbocycles. The number of nitrogens with zero attached hydrogens (tertiary/aromatic N) is 1. The maximum absolute atomic E-state index is 11.6. The number of aromatic carboxylic acids is 1. The highest BCUT2D eigenvalue weighted by atomic mass is 16.4. The number of carbonyl (C=O) groups excluding carboxylic acids is 1. The number of benzene rings is 1. The lowest BCUT2D eigenvalue weighted by molar-refractivity contribution is -0.121. The van der Waals surface area contributed by atoms with E-state index in [1.165, 1.54) is 0 Å². The molecule has 0 fully saturated rings. The Balaban J connectivity index is 1.90. The molecular formula is C15H20N2O3. The van der Waals surface area contributed by atoms with Crippen LogP contribution >= 0.6 is 0 Å². The molecule has 2 N–H and O–H groups in total. The molecule has 0 radical (unpaired) electrons. The van der Waals surface area contributed by atoms with Crippen molar-refractivity contribution in [1.82, 2.24) is 10.2 Å². The molecule has 2 rings (SSSR count). The number of hydrogen-bond acceptors (Lipinski definition) is 3. The van der Waals surface area contributed by atoms with Gasteiger partial charge in [-0.25, -0.2) is 4.79 Å². The fourth-order valence-corrected chi connectivity index (χ4v) is 2.41. The minimum absolute atomic E-state index is 0.0576. The summed E-state index contributed by atoms with van der Waals surface area (Å²) in [6, 6.07) is 5.39. The van der Waals surface area contributed by atoms with E-state index in [1.807, 2.05) is 19.9 Å². The SMILES string of the molecule is CC(C)NC(=O)CCN1Cc2ccc(C(=O)O)cc2C1. The van der Waals surface area contributed by atoms with Gasteiger partial charge in [0.25, 0.3) is 0 Å². The van der Waals surface area contributed by atoms with Crippen LogP contribution in [0.4, 0.5) is 0 Å². The smallest absolute Gasteiger partial charge is 0.335 e. The van der Waals surface area contributed by atoms with Crippen LogP contribution in [-0.4, -0.2) is 34.5 Å². The van der Waals surface area contributed by atoms with Gasteiger partial charge in [-0.3, -0.25) is 9.69 Å². The van der Waals surface area contributed by atoms with Crippen molar-refractivity contribution in [2.45, 2.75) is 39.4 Å². The van der Waals surface area contributed by atoms with Gasteiger partial charge in [-0.2, -0.15) is 0 Å². The van der Waals surface area contributed by atoms with Crippen LogP contribution in [-0.2, 0) is 17.9 Å². The van der Waals surface area contributed by atoms with Crippen LogP contribution in [0.3, 0.4) is 0 Å². The number of carbonyl (C=O) groups is 2. The van der Waals surface area contributed by atoms with Gasteiger partial charge >= 0.3 is 5.97 Å². The third-order valence-electron chi connectivity index (χ3n) is 3.35. The molecule has 0 aromatic heterocycles. The van der Waals surface area contributed by atoms with Crippen LogP contribution in [0.25, 0.3) is 0 Å². The third kappa shape index (κ3) is 3.57. The average molecular weight is 276 g/mol. The summed E-state index contributed by atoms with van der Waals surface area (Å²) >= 11 is 0. The van der Waals surface area contributed by atoms with Gasteiger partial charge in [0.15, 0.2) is 0 Å². The normalized spacial score (nSPS) is 14.3. The Labute approximate surface area is 118 Å². The second kappa shape index (κ2) is 6.05. The van der Waals surface area contributed by atoms with E-state index < -0.39 is 5.97 Å². The third-order valence-corrected chi connectivity index (χ3v) is 3.35. The molecule has 5 nitrogen and oxygen atoms in total. The number of amides is 1. The molecular weight excluding hydrogens is 256 g/mol. The van der Waals surface area contributed by atoms with Crippen LogP contribution in [0.1, 0.15) is 41.8 Å². The van der Waals surface area contributed by atoms with Crippen molar-refractivity contribution in [3.8, 4) is 0 Å². The van der Waals surface area contributed by atoms with Crippen molar-refractivity contribution in [3.05, 3.63) is 34.9 Å². The van der Waals surface area contributed by atoms with Gasteiger partial charge in [0.1, 0.15) is 0 Å². The molecule has 5 heteroatoms. The van der Waals surface area contributed by atoms with Crippen LogP contribution < -0.4 is 5.32 Å². The zero-order valence-electron chi connectivity index (χ0n) is 11.8. The summed E-state index contributed by atoms with van der Waals surface area (Å²) in [5, 5.41) is 11.8. The van der Waals surface area contributed by atoms with E-state index in [9.17, 15) is 9.59 Å². The number of nitrogens with one attached hydrogen (secondary N) is 1.